The van der Waals surface area contributed by atoms with Crippen molar-refractivity contribution < 1.29 is 4.92 Å². The molecule has 0 radical (unpaired) electrons. The molecule has 0 saturated heterocycles. The zero-order valence-electron chi connectivity index (χ0n) is 14.1. The molecule has 5 rings (SSSR count). The van der Waals surface area contributed by atoms with Crippen molar-refractivity contribution in [1.82, 2.24) is 0 Å². The molecule has 0 bridgehead atoms. The van der Waals surface area contributed by atoms with Gasteiger partial charge in [-0.3, -0.25) is 10.1 Å². The van der Waals surface area contributed by atoms with Crippen molar-refractivity contribution in [2.24, 2.45) is 5.92 Å². The third kappa shape index (κ3) is 2.15. The highest BCUT2D eigenvalue weighted by Gasteiger charge is 2.40. The average molecular weight is 342 g/mol. The lowest BCUT2D eigenvalue weighted by Gasteiger charge is -2.37. The summed E-state index contributed by atoms with van der Waals surface area (Å²) in [4.78, 5) is 11.3. The number of hydrogen-bond acceptors (Lipinski definition) is 3. The van der Waals surface area contributed by atoms with Crippen LogP contribution in [0.4, 0.5) is 11.4 Å². The van der Waals surface area contributed by atoms with Crippen molar-refractivity contribution in [3.05, 3.63) is 94.1 Å². The Kier molecular flexibility index (Phi) is 3.32. The van der Waals surface area contributed by atoms with Crippen LogP contribution in [-0.2, 0) is 0 Å². The summed E-state index contributed by atoms with van der Waals surface area (Å²) in [5.41, 5.74) is 3.37. The number of allylic oxidation sites excluding steroid dienone is 2. The molecule has 3 aromatic rings. The molecule has 0 saturated carbocycles. The number of hydrogen-bond donors (Lipinski definition) is 1. The van der Waals surface area contributed by atoms with Crippen LogP contribution < -0.4 is 5.32 Å². The molecule has 26 heavy (non-hydrogen) atoms. The lowest BCUT2D eigenvalue weighted by molar-refractivity contribution is -0.385. The van der Waals surface area contributed by atoms with Gasteiger partial charge in [0.25, 0.3) is 5.69 Å². The fourth-order valence-electron chi connectivity index (χ4n) is 4.56. The molecule has 1 aliphatic carbocycles. The number of fused-ring (bicyclic) bond motifs is 5. The van der Waals surface area contributed by atoms with E-state index in [-0.39, 0.29) is 16.7 Å². The van der Waals surface area contributed by atoms with Crippen molar-refractivity contribution in [2.45, 2.75) is 18.4 Å². The second kappa shape index (κ2) is 5.70. The third-order valence-electron chi connectivity index (χ3n) is 5.73. The van der Waals surface area contributed by atoms with E-state index in [9.17, 15) is 10.1 Å². The Balaban J connectivity index is 1.72. The van der Waals surface area contributed by atoms with Crippen LogP contribution in [0, 0.1) is 16.0 Å². The van der Waals surface area contributed by atoms with E-state index in [2.05, 4.69) is 41.7 Å². The van der Waals surface area contributed by atoms with E-state index in [0.29, 0.717) is 11.8 Å². The van der Waals surface area contributed by atoms with Gasteiger partial charge in [0.1, 0.15) is 0 Å². The highest BCUT2D eigenvalue weighted by Crippen LogP contribution is 2.52. The van der Waals surface area contributed by atoms with Crippen LogP contribution in [0.15, 0.2) is 72.8 Å². The van der Waals surface area contributed by atoms with Gasteiger partial charge in [0.2, 0.25) is 0 Å². The predicted molar refractivity (Wildman–Crippen MR) is 103 cm³/mol. The fourth-order valence-corrected chi connectivity index (χ4v) is 4.56. The normalized spacial score (nSPS) is 23.3. The molecule has 4 heteroatoms. The molecule has 4 nitrogen and oxygen atoms in total. The van der Waals surface area contributed by atoms with Crippen LogP contribution in [0.1, 0.15) is 29.5 Å². The van der Waals surface area contributed by atoms with Gasteiger partial charge >= 0.3 is 0 Å². The summed E-state index contributed by atoms with van der Waals surface area (Å²) < 4.78 is 0. The second-order valence-electron chi connectivity index (χ2n) is 7.04. The lowest BCUT2D eigenvalue weighted by Crippen LogP contribution is -2.29. The first kappa shape index (κ1) is 15.1. The first-order valence-electron chi connectivity index (χ1n) is 8.92. The molecular weight excluding hydrogens is 324 g/mol. The standard InChI is InChI=1S/C22H18N2O2/c25-24(26)20-11-4-3-8-19(20)22-17-10-5-9-16(17)18-13-12-14-6-1-2-7-15(14)21(18)23-22/h1-9,11-13,16-17,22-23H,10H2/t16-,17+,22-/m1/s1. The minimum absolute atomic E-state index is 0.0742. The Morgan fingerprint density at radius 2 is 1.77 bits per heavy atom. The van der Waals surface area contributed by atoms with Gasteiger partial charge in [0.05, 0.1) is 16.5 Å². The van der Waals surface area contributed by atoms with Gasteiger partial charge < -0.3 is 5.32 Å². The second-order valence-corrected chi connectivity index (χ2v) is 7.04. The Morgan fingerprint density at radius 1 is 0.962 bits per heavy atom. The summed E-state index contributed by atoms with van der Waals surface area (Å²) in [5, 5.41) is 17.6. The van der Waals surface area contributed by atoms with E-state index in [0.717, 1.165) is 17.7 Å². The first-order chi connectivity index (χ1) is 12.7. The van der Waals surface area contributed by atoms with Crippen LogP contribution in [-0.4, -0.2) is 4.92 Å². The summed E-state index contributed by atoms with van der Waals surface area (Å²) in [5.74, 6) is 0.588. The zero-order chi connectivity index (χ0) is 17.7. The molecule has 0 spiro atoms. The smallest absolute Gasteiger partial charge is 0.274 e. The van der Waals surface area contributed by atoms with Crippen LogP contribution in [0.3, 0.4) is 0 Å². The van der Waals surface area contributed by atoms with Crippen molar-refractivity contribution in [3.8, 4) is 0 Å². The molecule has 0 fully saturated rings. The van der Waals surface area contributed by atoms with Gasteiger partial charge in [-0.25, -0.2) is 0 Å². The monoisotopic (exact) mass is 342 g/mol. The fraction of sp³-hybridized carbons (Fsp3) is 0.182. The topological polar surface area (TPSA) is 55.2 Å². The summed E-state index contributed by atoms with van der Waals surface area (Å²) in [6.45, 7) is 0. The molecule has 3 atom stereocenters. The van der Waals surface area contributed by atoms with E-state index in [1.165, 1.54) is 16.3 Å². The maximum atomic E-state index is 11.6. The van der Waals surface area contributed by atoms with E-state index in [1.54, 1.807) is 12.1 Å². The van der Waals surface area contributed by atoms with Gasteiger partial charge in [0, 0.05) is 23.1 Å². The van der Waals surface area contributed by atoms with Crippen LogP contribution >= 0.6 is 0 Å². The van der Waals surface area contributed by atoms with Crippen LogP contribution in [0.25, 0.3) is 10.8 Å². The Bertz CT molecular complexity index is 1060. The average Bonchev–Trinajstić information content (AvgIpc) is 3.17. The minimum atomic E-state index is -0.271. The number of nitrogens with one attached hydrogen (secondary N) is 1. The number of para-hydroxylation sites is 1. The van der Waals surface area contributed by atoms with Crippen molar-refractivity contribution in [3.63, 3.8) is 0 Å². The molecule has 128 valence electrons. The number of anilines is 1. The largest absolute Gasteiger partial charge is 0.377 e. The van der Waals surface area contributed by atoms with E-state index in [1.807, 2.05) is 24.3 Å². The zero-order valence-corrected chi connectivity index (χ0v) is 14.1. The molecule has 1 N–H and O–H groups in total. The first-order valence-corrected chi connectivity index (χ1v) is 8.92. The predicted octanol–water partition coefficient (Wildman–Crippen LogP) is 5.57. The summed E-state index contributed by atoms with van der Waals surface area (Å²) in [7, 11) is 0. The quantitative estimate of drug-likeness (QED) is 0.376. The maximum absolute atomic E-state index is 11.6. The van der Waals surface area contributed by atoms with Crippen molar-refractivity contribution >= 4 is 22.1 Å². The van der Waals surface area contributed by atoms with Crippen molar-refractivity contribution in [2.75, 3.05) is 5.32 Å². The van der Waals surface area contributed by atoms with Crippen LogP contribution in [0.2, 0.25) is 0 Å². The van der Waals surface area contributed by atoms with Crippen LogP contribution in [0.5, 0.6) is 0 Å². The van der Waals surface area contributed by atoms with Gasteiger partial charge in [-0.1, -0.05) is 66.7 Å². The highest BCUT2D eigenvalue weighted by molar-refractivity contribution is 5.96. The minimum Gasteiger partial charge on any atom is -0.377 e. The maximum Gasteiger partial charge on any atom is 0.274 e. The number of nitrogens with zero attached hydrogens (tertiary/aromatic N) is 1. The van der Waals surface area contributed by atoms with Gasteiger partial charge in [-0.2, -0.15) is 0 Å². The molecular formula is C22H18N2O2. The number of rotatable bonds is 2. The Hall–Kier alpha value is -3.14. The molecule has 0 amide bonds. The molecule has 0 aromatic heterocycles. The van der Waals surface area contributed by atoms with Crippen molar-refractivity contribution in [1.29, 1.82) is 0 Å². The van der Waals surface area contributed by atoms with Gasteiger partial charge in [0.15, 0.2) is 0 Å². The Morgan fingerprint density at radius 3 is 2.65 bits per heavy atom. The molecule has 0 unspecified atom stereocenters. The van der Waals surface area contributed by atoms with E-state index >= 15 is 0 Å². The summed E-state index contributed by atoms with van der Waals surface area (Å²) in [6.07, 6.45) is 5.41. The number of nitro groups is 1. The highest BCUT2D eigenvalue weighted by atomic mass is 16.6. The van der Waals surface area contributed by atoms with E-state index in [4.69, 9.17) is 0 Å². The SMILES string of the molecule is O=[N+]([O-])c1ccccc1[C@@H]1Nc2c(ccc3ccccc23)[C@@H]2C=CC[C@@H]21. The third-order valence-corrected chi connectivity index (χ3v) is 5.73. The van der Waals surface area contributed by atoms with Gasteiger partial charge in [-0.15, -0.1) is 0 Å². The molecule has 1 aliphatic heterocycles. The van der Waals surface area contributed by atoms with Gasteiger partial charge in [-0.05, 0) is 23.3 Å². The number of benzene rings is 3. The molecule has 3 aromatic carbocycles. The van der Waals surface area contributed by atoms with E-state index < -0.39 is 0 Å². The Labute approximate surface area is 151 Å². The summed E-state index contributed by atoms with van der Waals surface area (Å²) in [6, 6.07) is 19.7. The molecule has 1 heterocycles. The number of nitro benzene ring substituents is 1. The molecule has 2 aliphatic rings. The lowest BCUT2D eigenvalue weighted by atomic mass is 9.76. The summed E-state index contributed by atoms with van der Waals surface area (Å²) >= 11 is 0.